The molecule has 1 saturated heterocycles. The van der Waals surface area contributed by atoms with E-state index in [1.54, 1.807) is 31.3 Å². The van der Waals surface area contributed by atoms with Crippen molar-refractivity contribution in [2.24, 2.45) is 0 Å². The summed E-state index contributed by atoms with van der Waals surface area (Å²) in [6.07, 6.45) is 4.91. The van der Waals surface area contributed by atoms with E-state index >= 15 is 0 Å². The quantitative estimate of drug-likeness (QED) is 0.423. The number of carbonyl (C=O) groups excluding carboxylic acids is 1. The van der Waals surface area contributed by atoms with Crippen molar-refractivity contribution < 1.29 is 18.7 Å². The molecule has 1 N–H and O–H groups in total. The number of nitrogens with one attached hydrogen (secondary N) is 1. The summed E-state index contributed by atoms with van der Waals surface area (Å²) in [6, 6.07) is 13.8. The van der Waals surface area contributed by atoms with Gasteiger partial charge in [-0.3, -0.25) is 0 Å². The Balaban J connectivity index is 1.66. The number of halogens is 1. The second-order valence-corrected chi connectivity index (χ2v) is 7.37. The minimum atomic E-state index is -0.378. The van der Waals surface area contributed by atoms with Crippen LogP contribution in [-0.4, -0.2) is 48.8 Å². The highest BCUT2D eigenvalue weighted by Gasteiger charge is 2.19. The van der Waals surface area contributed by atoms with Crippen molar-refractivity contribution in [3.63, 3.8) is 0 Å². The first-order valence-electron chi connectivity index (χ1n) is 10.8. The van der Waals surface area contributed by atoms with Crippen LogP contribution in [0.25, 0.3) is 17.2 Å². The molecule has 8 heteroatoms. The standard InChI is InChI=1S/C25H25FN4O3/c1-2-33-23(31)11-6-18-4-3-5-19(16-18)22-17-27-25(28-21-9-7-20(26)8-10-21)29-24(22)30-12-14-32-15-13-30/h3-11,16-17H,2,12-15H2,1H3,(H,27,28,29). The first-order chi connectivity index (χ1) is 16.1. The smallest absolute Gasteiger partial charge is 0.330 e. The Morgan fingerprint density at radius 2 is 2.00 bits per heavy atom. The average molecular weight is 448 g/mol. The van der Waals surface area contributed by atoms with Crippen LogP contribution in [0, 0.1) is 5.82 Å². The van der Waals surface area contributed by atoms with Gasteiger partial charge in [0.1, 0.15) is 11.6 Å². The first-order valence-corrected chi connectivity index (χ1v) is 10.8. The summed E-state index contributed by atoms with van der Waals surface area (Å²) in [5.74, 6) is 0.522. The Labute approximate surface area is 191 Å². The third-order valence-electron chi connectivity index (χ3n) is 5.08. The van der Waals surface area contributed by atoms with E-state index in [9.17, 15) is 9.18 Å². The van der Waals surface area contributed by atoms with Gasteiger partial charge in [-0.15, -0.1) is 0 Å². The number of nitrogens with zero attached hydrogens (tertiary/aromatic N) is 3. The summed E-state index contributed by atoms with van der Waals surface area (Å²) >= 11 is 0. The third kappa shape index (κ3) is 5.93. The molecule has 170 valence electrons. The van der Waals surface area contributed by atoms with Gasteiger partial charge in [-0.05, 0) is 54.5 Å². The predicted octanol–water partition coefficient (Wildman–Crippen LogP) is 4.44. The van der Waals surface area contributed by atoms with E-state index < -0.39 is 0 Å². The molecule has 2 heterocycles. The number of esters is 1. The van der Waals surface area contributed by atoms with Crippen molar-refractivity contribution in [2.45, 2.75) is 6.92 Å². The van der Waals surface area contributed by atoms with Crippen LogP contribution in [-0.2, 0) is 14.3 Å². The fraction of sp³-hybridized carbons (Fsp3) is 0.240. The summed E-state index contributed by atoms with van der Waals surface area (Å²) in [6.45, 7) is 4.76. The van der Waals surface area contributed by atoms with Gasteiger partial charge in [0.25, 0.3) is 0 Å². The molecule has 0 bridgehead atoms. The Morgan fingerprint density at radius 3 is 2.76 bits per heavy atom. The molecule has 1 aromatic heterocycles. The van der Waals surface area contributed by atoms with Gasteiger partial charge in [0, 0.05) is 36.6 Å². The van der Waals surface area contributed by atoms with Crippen LogP contribution < -0.4 is 10.2 Å². The van der Waals surface area contributed by atoms with E-state index in [4.69, 9.17) is 14.5 Å². The molecule has 0 atom stereocenters. The highest BCUT2D eigenvalue weighted by Crippen LogP contribution is 2.31. The van der Waals surface area contributed by atoms with Crippen LogP contribution in [0.4, 0.5) is 21.8 Å². The molecule has 0 radical (unpaired) electrons. The molecule has 2 aromatic carbocycles. The summed E-state index contributed by atoms with van der Waals surface area (Å²) < 4.78 is 23.7. The molecular formula is C25H25FN4O3. The zero-order chi connectivity index (χ0) is 23.0. The van der Waals surface area contributed by atoms with Crippen molar-refractivity contribution in [3.8, 4) is 11.1 Å². The second-order valence-electron chi connectivity index (χ2n) is 7.37. The summed E-state index contributed by atoms with van der Waals surface area (Å²) in [4.78, 5) is 23.1. The lowest BCUT2D eigenvalue weighted by Gasteiger charge is -2.29. The zero-order valence-corrected chi connectivity index (χ0v) is 18.3. The number of morpholine rings is 1. The van der Waals surface area contributed by atoms with E-state index in [0.29, 0.717) is 44.5 Å². The Hall–Kier alpha value is -3.78. The molecule has 1 aliphatic heterocycles. The molecule has 4 rings (SSSR count). The van der Waals surface area contributed by atoms with Crippen molar-refractivity contribution in [2.75, 3.05) is 43.1 Å². The second kappa shape index (κ2) is 10.7. The number of anilines is 3. The predicted molar refractivity (Wildman–Crippen MR) is 126 cm³/mol. The largest absolute Gasteiger partial charge is 0.463 e. The highest BCUT2D eigenvalue weighted by molar-refractivity contribution is 5.87. The maximum atomic E-state index is 13.2. The number of rotatable bonds is 7. The van der Waals surface area contributed by atoms with E-state index in [1.807, 2.05) is 24.3 Å². The van der Waals surface area contributed by atoms with Crippen LogP contribution in [0.2, 0.25) is 0 Å². The van der Waals surface area contributed by atoms with Crippen LogP contribution >= 0.6 is 0 Å². The molecular weight excluding hydrogens is 423 g/mol. The number of aromatic nitrogens is 2. The minimum absolute atomic E-state index is 0.303. The average Bonchev–Trinajstić information content (AvgIpc) is 2.85. The number of ether oxygens (including phenoxy) is 2. The van der Waals surface area contributed by atoms with Crippen molar-refractivity contribution in [1.82, 2.24) is 9.97 Å². The number of benzene rings is 2. The van der Waals surface area contributed by atoms with E-state index in [0.717, 1.165) is 22.5 Å². The van der Waals surface area contributed by atoms with E-state index in [-0.39, 0.29) is 11.8 Å². The van der Waals surface area contributed by atoms with Gasteiger partial charge >= 0.3 is 5.97 Å². The lowest BCUT2D eigenvalue weighted by Crippen LogP contribution is -2.37. The molecule has 1 fully saturated rings. The lowest BCUT2D eigenvalue weighted by molar-refractivity contribution is -0.137. The van der Waals surface area contributed by atoms with E-state index in [1.165, 1.54) is 18.2 Å². The topological polar surface area (TPSA) is 76.6 Å². The Kier molecular flexibility index (Phi) is 7.26. The minimum Gasteiger partial charge on any atom is -0.463 e. The molecule has 7 nitrogen and oxygen atoms in total. The third-order valence-corrected chi connectivity index (χ3v) is 5.08. The summed E-state index contributed by atoms with van der Waals surface area (Å²) in [5, 5.41) is 3.14. The monoisotopic (exact) mass is 448 g/mol. The van der Waals surface area contributed by atoms with Gasteiger partial charge in [-0.25, -0.2) is 14.2 Å². The maximum Gasteiger partial charge on any atom is 0.330 e. The molecule has 1 aliphatic rings. The molecule has 0 unspecified atom stereocenters. The van der Waals surface area contributed by atoms with Crippen molar-refractivity contribution >= 4 is 29.5 Å². The molecule has 0 aliphatic carbocycles. The summed E-state index contributed by atoms with van der Waals surface area (Å²) in [7, 11) is 0. The van der Waals surface area contributed by atoms with Gasteiger partial charge < -0.3 is 19.7 Å². The van der Waals surface area contributed by atoms with Crippen LogP contribution in [0.1, 0.15) is 12.5 Å². The van der Waals surface area contributed by atoms with Crippen molar-refractivity contribution in [3.05, 3.63) is 72.2 Å². The number of hydrogen-bond donors (Lipinski definition) is 1. The molecule has 0 spiro atoms. The fourth-order valence-corrected chi connectivity index (χ4v) is 3.48. The van der Waals surface area contributed by atoms with Gasteiger partial charge in [-0.1, -0.05) is 18.2 Å². The molecule has 0 amide bonds. The molecule has 3 aromatic rings. The fourth-order valence-electron chi connectivity index (χ4n) is 3.48. The Bertz CT molecular complexity index is 1130. The van der Waals surface area contributed by atoms with Crippen LogP contribution in [0.5, 0.6) is 0 Å². The molecule has 0 saturated carbocycles. The summed E-state index contributed by atoms with van der Waals surface area (Å²) in [5.41, 5.74) is 3.36. The highest BCUT2D eigenvalue weighted by atomic mass is 19.1. The SMILES string of the molecule is CCOC(=O)C=Cc1cccc(-c2cnc(Nc3ccc(F)cc3)nc2N2CCOCC2)c1. The van der Waals surface area contributed by atoms with Crippen LogP contribution in [0.3, 0.4) is 0 Å². The number of carbonyl (C=O) groups is 1. The van der Waals surface area contributed by atoms with Gasteiger partial charge in [-0.2, -0.15) is 4.98 Å². The normalized spacial score (nSPS) is 13.8. The van der Waals surface area contributed by atoms with Gasteiger partial charge in [0.15, 0.2) is 0 Å². The Morgan fingerprint density at radius 1 is 1.21 bits per heavy atom. The first kappa shape index (κ1) is 22.4. The maximum absolute atomic E-state index is 13.2. The number of hydrogen-bond acceptors (Lipinski definition) is 7. The van der Waals surface area contributed by atoms with Crippen LogP contribution in [0.15, 0.2) is 60.8 Å². The van der Waals surface area contributed by atoms with Gasteiger partial charge in [0.05, 0.1) is 19.8 Å². The van der Waals surface area contributed by atoms with Gasteiger partial charge in [0.2, 0.25) is 5.95 Å². The molecule has 33 heavy (non-hydrogen) atoms. The zero-order valence-electron chi connectivity index (χ0n) is 18.3. The van der Waals surface area contributed by atoms with E-state index in [2.05, 4.69) is 15.2 Å². The van der Waals surface area contributed by atoms with Crippen molar-refractivity contribution in [1.29, 1.82) is 0 Å². The lowest BCUT2D eigenvalue weighted by atomic mass is 10.0.